The van der Waals surface area contributed by atoms with Crippen LogP contribution in [-0.2, 0) is 19.1 Å². The standard InChI is InChI=1S/C19H24N2O5/c1-25-16-8-6-14(7-9-16)20-17(22)12-26-19(24)13-10-18(23)21(11-13)15-4-2-3-5-15/h6-9,13,15H,2-5,10-12H2,1H3,(H,20,22)/t13-/m0/s1. The van der Waals surface area contributed by atoms with Gasteiger partial charge in [-0.25, -0.2) is 0 Å². The van der Waals surface area contributed by atoms with Crippen LogP contribution in [0.1, 0.15) is 32.1 Å². The van der Waals surface area contributed by atoms with Gasteiger partial charge in [-0.2, -0.15) is 0 Å². The zero-order valence-corrected chi connectivity index (χ0v) is 14.9. The molecule has 1 saturated heterocycles. The molecule has 7 heteroatoms. The molecule has 0 unspecified atom stereocenters. The van der Waals surface area contributed by atoms with Gasteiger partial charge in [0, 0.05) is 24.7 Å². The Morgan fingerprint density at radius 3 is 2.54 bits per heavy atom. The van der Waals surface area contributed by atoms with Crippen LogP contribution < -0.4 is 10.1 Å². The largest absolute Gasteiger partial charge is 0.497 e. The fourth-order valence-corrected chi connectivity index (χ4v) is 3.58. The minimum atomic E-state index is -0.483. The predicted octanol–water partition coefficient (Wildman–Crippen LogP) is 1.97. The molecule has 0 radical (unpaired) electrons. The maximum Gasteiger partial charge on any atom is 0.311 e. The molecular weight excluding hydrogens is 336 g/mol. The number of nitrogens with zero attached hydrogens (tertiary/aromatic N) is 1. The number of carbonyl (C=O) groups excluding carboxylic acids is 3. The second-order valence-corrected chi connectivity index (χ2v) is 6.77. The summed E-state index contributed by atoms with van der Waals surface area (Å²) in [4.78, 5) is 38.1. The minimum absolute atomic E-state index is 0.0153. The zero-order chi connectivity index (χ0) is 18.5. The first-order chi connectivity index (χ1) is 12.6. The number of amides is 2. The van der Waals surface area contributed by atoms with E-state index in [1.54, 1.807) is 31.4 Å². The van der Waals surface area contributed by atoms with Crippen molar-refractivity contribution < 1.29 is 23.9 Å². The average molecular weight is 360 g/mol. The molecule has 1 aromatic carbocycles. The van der Waals surface area contributed by atoms with Crippen molar-refractivity contribution in [1.29, 1.82) is 0 Å². The van der Waals surface area contributed by atoms with Crippen molar-refractivity contribution >= 4 is 23.5 Å². The van der Waals surface area contributed by atoms with Crippen LogP contribution in [0.15, 0.2) is 24.3 Å². The van der Waals surface area contributed by atoms with E-state index < -0.39 is 17.8 Å². The lowest BCUT2D eigenvalue weighted by Gasteiger charge is -2.23. The van der Waals surface area contributed by atoms with Crippen LogP contribution in [0.4, 0.5) is 5.69 Å². The van der Waals surface area contributed by atoms with Gasteiger partial charge < -0.3 is 19.7 Å². The van der Waals surface area contributed by atoms with Crippen molar-refractivity contribution in [2.75, 3.05) is 25.6 Å². The average Bonchev–Trinajstić information content (AvgIpc) is 3.29. The van der Waals surface area contributed by atoms with Gasteiger partial charge in [-0.1, -0.05) is 12.8 Å². The van der Waals surface area contributed by atoms with Crippen LogP contribution in [0, 0.1) is 5.92 Å². The first-order valence-corrected chi connectivity index (χ1v) is 8.97. The summed E-state index contributed by atoms with van der Waals surface area (Å²) in [5.41, 5.74) is 0.593. The lowest BCUT2D eigenvalue weighted by atomic mass is 10.1. The number of anilines is 1. The Morgan fingerprint density at radius 1 is 1.19 bits per heavy atom. The van der Waals surface area contributed by atoms with Crippen LogP contribution in [0.3, 0.4) is 0 Å². The topological polar surface area (TPSA) is 84.9 Å². The van der Waals surface area contributed by atoms with Gasteiger partial charge in [0.25, 0.3) is 5.91 Å². The summed E-state index contributed by atoms with van der Waals surface area (Å²) in [6, 6.07) is 7.12. The van der Waals surface area contributed by atoms with Gasteiger partial charge in [0.2, 0.25) is 5.91 Å². The second kappa shape index (κ2) is 8.21. The van der Waals surface area contributed by atoms with E-state index in [1.165, 1.54) is 0 Å². The Morgan fingerprint density at radius 2 is 1.88 bits per heavy atom. The number of carbonyl (C=O) groups is 3. The molecule has 140 valence electrons. The number of hydrogen-bond donors (Lipinski definition) is 1. The fraction of sp³-hybridized carbons (Fsp3) is 0.526. The fourth-order valence-electron chi connectivity index (χ4n) is 3.58. The molecule has 26 heavy (non-hydrogen) atoms. The normalized spacial score (nSPS) is 20.3. The molecule has 1 aromatic rings. The number of esters is 1. The summed E-state index contributed by atoms with van der Waals surface area (Å²) in [6.45, 7) is 0.0431. The Labute approximate surface area is 152 Å². The van der Waals surface area contributed by atoms with E-state index in [-0.39, 0.29) is 25.0 Å². The number of rotatable bonds is 6. The van der Waals surface area contributed by atoms with Crippen LogP contribution in [0.25, 0.3) is 0 Å². The highest BCUT2D eigenvalue weighted by atomic mass is 16.5. The van der Waals surface area contributed by atoms with Gasteiger partial charge in [-0.15, -0.1) is 0 Å². The SMILES string of the molecule is COc1ccc(NC(=O)COC(=O)[C@H]2CC(=O)N(C3CCCC3)C2)cc1. The van der Waals surface area contributed by atoms with Crippen molar-refractivity contribution in [2.45, 2.75) is 38.1 Å². The summed E-state index contributed by atoms with van der Waals surface area (Å²) in [5, 5.41) is 2.65. The highest BCUT2D eigenvalue weighted by molar-refractivity contribution is 5.93. The van der Waals surface area contributed by atoms with Gasteiger partial charge >= 0.3 is 5.97 Å². The highest BCUT2D eigenvalue weighted by Crippen LogP contribution is 2.29. The molecule has 3 rings (SSSR count). The molecule has 1 N–H and O–H groups in total. The summed E-state index contributed by atoms with van der Waals surface area (Å²) in [5.74, 6) is -0.671. The van der Waals surface area contributed by atoms with E-state index in [2.05, 4.69) is 5.32 Å². The highest BCUT2D eigenvalue weighted by Gasteiger charge is 2.39. The van der Waals surface area contributed by atoms with Crippen LogP contribution >= 0.6 is 0 Å². The van der Waals surface area contributed by atoms with Crippen molar-refractivity contribution in [3.8, 4) is 5.75 Å². The molecule has 1 heterocycles. The first-order valence-electron chi connectivity index (χ1n) is 8.97. The van der Waals surface area contributed by atoms with Crippen molar-refractivity contribution in [3.05, 3.63) is 24.3 Å². The minimum Gasteiger partial charge on any atom is -0.497 e. The van der Waals surface area contributed by atoms with Crippen molar-refractivity contribution in [1.82, 2.24) is 4.90 Å². The molecule has 1 aliphatic heterocycles. The molecule has 1 saturated carbocycles. The van der Waals surface area contributed by atoms with E-state index in [0.717, 1.165) is 25.7 Å². The quantitative estimate of drug-likeness (QED) is 0.784. The summed E-state index contributed by atoms with van der Waals surface area (Å²) < 4.78 is 10.2. The lowest BCUT2D eigenvalue weighted by Crippen LogP contribution is -2.35. The Bertz CT molecular complexity index is 667. The number of likely N-dealkylation sites (tertiary alicyclic amines) is 1. The second-order valence-electron chi connectivity index (χ2n) is 6.77. The molecule has 0 bridgehead atoms. The molecule has 1 atom stereocenters. The molecule has 0 aromatic heterocycles. The third kappa shape index (κ3) is 4.33. The molecular formula is C19H24N2O5. The summed E-state index contributed by atoms with van der Waals surface area (Å²) >= 11 is 0. The predicted molar refractivity (Wildman–Crippen MR) is 94.7 cm³/mol. The van der Waals surface area contributed by atoms with E-state index in [0.29, 0.717) is 18.0 Å². The Balaban J connectivity index is 1.44. The molecule has 2 amide bonds. The summed E-state index contributed by atoms with van der Waals surface area (Å²) in [7, 11) is 1.56. The van der Waals surface area contributed by atoms with Gasteiger partial charge in [0.15, 0.2) is 6.61 Å². The molecule has 1 aliphatic carbocycles. The molecule has 2 fully saturated rings. The van der Waals surface area contributed by atoms with Gasteiger partial charge in [-0.05, 0) is 37.1 Å². The van der Waals surface area contributed by atoms with Gasteiger partial charge in [0.1, 0.15) is 5.75 Å². The first kappa shape index (κ1) is 18.2. The van der Waals surface area contributed by atoms with Gasteiger partial charge in [-0.3, -0.25) is 14.4 Å². The van der Waals surface area contributed by atoms with E-state index >= 15 is 0 Å². The van der Waals surface area contributed by atoms with Crippen LogP contribution in [0.2, 0.25) is 0 Å². The monoisotopic (exact) mass is 360 g/mol. The number of nitrogens with one attached hydrogen (secondary N) is 1. The van der Waals surface area contributed by atoms with Crippen LogP contribution in [-0.4, -0.2) is 49.0 Å². The molecule has 7 nitrogen and oxygen atoms in total. The lowest BCUT2D eigenvalue weighted by molar-refractivity contribution is -0.151. The third-order valence-electron chi connectivity index (χ3n) is 4.98. The number of hydrogen-bond acceptors (Lipinski definition) is 5. The Kier molecular flexibility index (Phi) is 5.75. The maximum atomic E-state index is 12.2. The number of ether oxygens (including phenoxy) is 2. The molecule has 0 spiro atoms. The van der Waals surface area contributed by atoms with E-state index in [1.807, 2.05) is 4.90 Å². The third-order valence-corrected chi connectivity index (χ3v) is 4.98. The van der Waals surface area contributed by atoms with Gasteiger partial charge in [0.05, 0.1) is 13.0 Å². The van der Waals surface area contributed by atoms with E-state index in [4.69, 9.17) is 9.47 Å². The smallest absolute Gasteiger partial charge is 0.311 e. The van der Waals surface area contributed by atoms with Crippen LogP contribution in [0.5, 0.6) is 5.75 Å². The number of methoxy groups -OCH3 is 1. The van der Waals surface area contributed by atoms with E-state index in [9.17, 15) is 14.4 Å². The number of benzene rings is 1. The zero-order valence-electron chi connectivity index (χ0n) is 14.9. The summed E-state index contributed by atoms with van der Waals surface area (Å²) in [6.07, 6.45) is 4.47. The molecule has 2 aliphatic rings. The Hall–Kier alpha value is -2.57. The maximum absolute atomic E-state index is 12.2. The van der Waals surface area contributed by atoms with Crippen molar-refractivity contribution in [2.24, 2.45) is 5.92 Å². The van der Waals surface area contributed by atoms with Crippen molar-refractivity contribution in [3.63, 3.8) is 0 Å².